The summed E-state index contributed by atoms with van der Waals surface area (Å²) in [6.07, 6.45) is 2.40. The van der Waals surface area contributed by atoms with Gasteiger partial charge in [-0.15, -0.1) is 0 Å². The van der Waals surface area contributed by atoms with E-state index in [1.807, 2.05) is 6.07 Å². The normalized spacial score (nSPS) is 10.8. The maximum absolute atomic E-state index is 12.1. The quantitative estimate of drug-likeness (QED) is 0.834. The van der Waals surface area contributed by atoms with Crippen LogP contribution in [0.25, 0.3) is 0 Å². The molecule has 2 heterocycles. The van der Waals surface area contributed by atoms with Gasteiger partial charge < -0.3 is 0 Å². The molecule has 0 atom stereocenters. The maximum Gasteiger partial charge on any atom is 0.263 e. The van der Waals surface area contributed by atoms with E-state index in [0.717, 1.165) is 6.20 Å². The van der Waals surface area contributed by atoms with E-state index in [0.29, 0.717) is 4.47 Å². The van der Waals surface area contributed by atoms with Crippen molar-refractivity contribution >= 4 is 43.2 Å². The van der Waals surface area contributed by atoms with Crippen molar-refractivity contribution in [3.05, 3.63) is 45.9 Å². The number of nitrogens with one attached hydrogen (secondary N) is 1. The van der Waals surface area contributed by atoms with Crippen molar-refractivity contribution in [2.75, 3.05) is 4.72 Å². The van der Waals surface area contributed by atoms with Crippen molar-refractivity contribution < 1.29 is 8.42 Å². The number of hydrogen-bond acceptors (Lipinski definition) is 5. The van der Waals surface area contributed by atoms with Gasteiger partial charge in [0.1, 0.15) is 21.8 Å². The lowest BCUT2D eigenvalue weighted by atomic mass is 10.4. The Morgan fingerprint density at radius 2 is 2.05 bits per heavy atom. The summed E-state index contributed by atoms with van der Waals surface area (Å²) in [4.78, 5) is 7.47. The van der Waals surface area contributed by atoms with Crippen LogP contribution in [0, 0.1) is 11.3 Å². The van der Waals surface area contributed by atoms with Crippen LogP contribution >= 0.6 is 27.5 Å². The van der Waals surface area contributed by atoms with Crippen molar-refractivity contribution in [3.8, 4) is 6.07 Å². The predicted molar refractivity (Wildman–Crippen MR) is 76.7 cm³/mol. The highest BCUT2D eigenvalue weighted by atomic mass is 79.9. The van der Waals surface area contributed by atoms with Gasteiger partial charge >= 0.3 is 0 Å². The minimum atomic E-state index is -3.79. The number of aromatic nitrogens is 2. The van der Waals surface area contributed by atoms with Gasteiger partial charge in [-0.3, -0.25) is 4.72 Å². The van der Waals surface area contributed by atoms with Crippen LogP contribution in [0.5, 0.6) is 0 Å². The Bertz CT molecular complexity index is 787. The molecular formula is C11H6BrClN4O2S. The molecule has 0 aliphatic rings. The molecule has 2 aromatic heterocycles. The van der Waals surface area contributed by atoms with Gasteiger partial charge in [0.15, 0.2) is 0 Å². The fourth-order valence-corrected chi connectivity index (χ4v) is 2.73. The SMILES string of the molecule is N#Cc1ccc(S(=O)(=O)Nc2cnc(Cl)c(Br)c2)cn1. The van der Waals surface area contributed by atoms with E-state index in [2.05, 4.69) is 30.6 Å². The molecule has 0 amide bonds. The van der Waals surface area contributed by atoms with Gasteiger partial charge in [-0.2, -0.15) is 5.26 Å². The van der Waals surface area contributed by atoms with Crippen LogP contribution in [0.1, 0.15) is 5.69 Å². The lowest BCUT2D eigenvalue weighted by Gasteiger charge is -2.08. The second kappa shape index (κ2) is 5.75. The Kier molecular flexibility index (Phi) is 4.23. The molecule has 0 aliphatic carbocycles. The van der Waals surface area contributed by atoms with E-state index in [1.54, 1.807) is 0 Å². The molecule has 0 aliphatic heterocycles. The molecule has 1 N–H and O–H groups in total. The van der Waals surface area contributed by atoms with Crippen LogP contribution in [0.3, 0.4) is 0 Å². The summed E-state index contributed by atoms with van der Waals surface area (Å²) in [5.74, 6) is 0. The number of pyridine rings is 2. The van der Waals surface area contributed by atoms with E-state index in [4.69, 9.17) is 16.9 Å². The average Bonchev–Trinajstić information content (AvgIpc) is 2.43. The van der Waals surface area contributed by atoms with Gasteiger partial charge in [-0.1, -0.05) is 11.6 Å². The second-order valence-corrected chi connectivity index (χ2v) is 6.49. The van der Waals surface area contributed by atoms with E-state index in [9.17, 15) is 8.42 Å². The summed E-state index contributed by atoms with van der Waals surface area (Å²) in [7, 11) is -3.79. The third kappa shape index (κ3) is 3.25. The maximum atomic E-state index is 12.1. The van der Waals surface area contributed by atoms with Gasteiger partial charge in [0.25, 0.3) is 10.0 Å². The van der Waals surface area contributed by atoms with Crippen LogP contribution in [0.15, 0.2) is 40.0 Å². The van der Waals surface area contributed by atoms with E-state index in [-0.39, 0.29) is 21.4 Å². The number of sulfonamides is 1. The zero-order chi connectivity index (χ0) is 14.8. The van der Waals surface area contributed by atoms with Crippen molar-refractivity contribution in [2.24, 2.45) is 0 Å². The highest BCUT2D eigenvalue weighted by Crippen LogP contribution is 2.24. The third-order valence-electron chi connectivity index (χ3n) is 2.21. The number of halogens is 2. The molecule has 0 aromatic carbocycles. The second-order valence-electron chi connectivity index (χ2n) is 3.59. The molecule has 0 spiro atoms. The van der Waals surface area contributed by atoms with Gasteiger partial charge in [-0.05, 0) is 34.1 Å². The Hall–Kier alpha value is -1.69. The first kappa shape index (κ1) is 14.7. The highest BCUT2D eigenvalue weighted by Gasteiger charge is 2.15. The summed E-state index contributed by atoms with van der Waals surface area (Å²) >= 11 is 8.88. The number of nitriles is 1. The Morgan fingerprint density at radius 1 is 1.30 bits per heavy atom. The summed E-state index contributed by atoms with van der Waals surface area (Å²) in [5, 5.41) is 8.85. The average molecular weight is 374 g/mol. The van der Waals surface area contributed by atoms with Crippen LogP contribution in [0.4, 0.5) is 5.69 Å². The molecule has 0 saturated carbocycles. The highest BCUT2D eigenvalue weighted by molar-refractivity contribution is 9.10. The number of rotatable bonds is 3. The minimum Gasteiger partial charge on any atom is -0.278 e. The number of anilines is 1. The van der Waals surface area contributed by atoms with Crippen LogP contribution in [-0.4, -0.2) is 18.4 Å². The Labute approximate surface area is 128 Å². The third-order valence-corrected chi connectivity index (χ3v) is 4.71. The van der Waals surface area contributed by atoms with Crippen molar-refractivity contribution in [3.63, 3.8) is 0 Å². The first-order valence-corrected chi connectivity index (χ1v) is 7.78. The molecular weight excluding hydrogens is 368 g/mol. The summed E-state index contributed by atoms with van der Waals surface area (Å²) in [6, 6.07) is 5.92. The lowest BCUT2D eigenvalue weighted by Crippen LogP contribution is -2.13. The first-order chi connectivity index (χ1) is 9.42. The smallest absolute Gasteiger partial charge is 0.263 e. The standard InChI is InChI=1S/C11H6BrClN4O2S/c12-10-3-8(5-16-11(10)13)17-20(18,19)9-2-1-7(4-14)15-6-9/h1-3,5-6,17H. The van der Waals surface area contributed by atoms with Crippen LogP contribution in [-0.2, 0) is 10.0 Å². The fourth-order valence-electron chi connectivity index (χ4n) is 1.30. The van der Waals surface area contributed by atoms with Crippen LogP contribution < -0.4 is 4.72 Å². The van der Waals surface area contributed by atoms with E-state index in [1.165, 1.54) is 24.4 Å². The molecule has 6 nitrogen and oxygen atoms in total. The molecule has 0 unspecified atom stereocenters. The zero-order valence-corrected chi connectivity index (χ0v) is 12.9. The summed E-state index contributed by atoms with van der Waals surface area (Å²) < 4.78 is 27.0. The first-order valence-electron chi connectivity index (χ1n) is 5.12. The minimum absolute atomic E-state index is 0.0532. The molecule has 20 heavy (non-hydrogen) atoms. The topological polar surface area (TPSA) is 95.7 Å². The molecule has 0 bridgehead atoms. The van der Waals surface area contributed by atoms with Gasteiger partial charge in [0.05, 0.1) is 16.4 Å². The van der Waals surface area contributed by atoms with E-state index < -0.39 is 10.0 Å². The fraction of sp³-hybridized carbons (Fsp3) is 0. The molecule has 102 valence electrons. The molecule has 0 radical (unpaired) electrons. The van der Waals surface area contributed by atoms with Gasteiger partial charge in [0.2, 0.25) is 0 Å². The van der Waals surface area contributed by atoms with Crippen molar-refractivity contribution in [1.82, 2.24) is 9.97 Å². The largest absolute Gasteiger partial charge is 0.278 e. The summed E-state index contributed by atoms with van der Waals surface area (Å²) in [5.41, 5.74) is 0.394. The lowest BCUT2D eigenvalue weighted by molar-refractivity contribution is 0.601. The molecule has 2 rings (SSSR count). The molecule has 9 heteroatoms. The monoisotopic (exact) mass is 372 g/mol. The molecule has 0 fully saturated rings. The van der Waals surface area contributed by atoms with Crippen molar-refractivity contribution in [1.29, 1.82) is 5.26 Å². The van der Waals surface area contributed by atoms with Crippen molar-refractivity contribution in [2.45, 2.75) is 4.90 Å². The molecule has 2 aromatic rings. The number of hydrogen-bond donors (Lipinski definition) is 1. The summed E-state index contributed by atoms with van der Waals surface area (Å²) in [6.45, 7) is 0. The zero-order valence-electron chi connectivity index (χ0n) is 9.71. The molecule has 0 saturated heterocycles. The van der Waals surface area contributed by atoms with Gasteiger partial charge in [-0.25, -0.2) is 18.4 Å². The van der Waals surface area contributed by atoms with Gasteiger partial charge in [0, 0.05) is 6.20 Å². The predicted octanol–water partition coefficient (Wildman–Crippen LogP) is 2.56. The van der Waals surface area contributed by atoms with Crippen LogP contribution in [0.2, 0.25) is 5.15 Å². The Balaban J connectivity index is 2.30. The van der Waals surface area contributed by atoms with E-state index >= 15 is 0 Å². The number of nitrogens with zero attached hydrogens (tertiary/aromatic N) is 3. The Morgan fingerprint density at radius 3 is 2.60 bits per heavy atom.